The van der Waals surface area contributed by atoms with Gasteiger partial charge in [0.1, 0.15) is 5.82 Å². The van der Waals surface area contributed by atoms with Crippen LogP contribution in [0.2, 0.25) is 0 Å². The van der Waals surface area contributed by atoms with Crippen LogP contribution in [0.15, 0.2) is 35.4 Å². The van der Waals surface area contributed by atoms with E-state index in [4.69, 9.17) is 0 Å². The van der Waals surface area contributed by atoms with Crippen molar-refractivity contribution in [1.29, 1.82) is 0 Å². The quantitative estimate of drug-likeness (QED) is 0.823. The van der Waals surface area contributed by atoms with Gasteiger partial charge in [0.15, 0.2) is 0 Å². The Morgan fingerprint density at radius 2 is 1.73 bits per heavy atom. The summed E-state index contributed by atoms with van der Waals surface area (Å²) in [6, 6.07) is 4.93. The first-order valence-corrected chi connectivity index (χ1v) is 10.3. The SMILES string of the molecule is O=S(=O)(c1ccc(F)cc1)N1CCc2nc(N3CCCCC3)ncc2C1. The number of benzene rings is 1. The third-order valence-electron chi connectivity index (χ3n) is 4.98. The van der Waals surface area contributed by atoms with Crippen molar-refractivity contribution in [3.8, 4) is 0 Å². The normalized spacial score (nSPS) is 18.6. The Kier molecular flexibility index (Phi) is 4.62. The summed E-state index contributed by atoms with van der Waals surface area (Å²) in [4.78, 5) is 11.4. The lowest BCUT2D eigenvalue weighted by Gasteiger charge is -2.30. The van der Waals surface area contributed by atoms with E-state index in [-0.39, 0.29) is 11.4 Å². The smallest absolute Gasteiger partial charge is 0.243 e. The molecule has 0 unspecified atom stereocenters. The highest BCUT2D eigenvalue weighted by Gasteiger charge is 2.29. The number of nitrogens with zero attached hydrogens (tertiary/aromatic N) is 4. The van der Waals surface area contributed by atoms with E-state index >= 15 is 0 Å². The van der Waals surface area contributed by atoms with Gasteiger partial charge in [-0.3, -0.25) is 0 Å². The molecule has 2 aliphatic heterocycles. The Labute approximate surface area is 152 Å². The summed E-state index contributed by atoms with van der Waals surface area (Å²) in [7, 11) is -3.65. The number of halogens is 1. The van der Waals surface area contributed by atoms with E-state index in [0.717, 1.165) is 43.1 Å². The minimum atomic E-state index is -3.65. The van der Waals surface area contributed by atoms with E-state index in [1.54, 1.807) is 6.20 Å². The average Bonchev–Trinajstić information content (AvgIpc) is 2.68. The number of fused-ring (bicyclic) bond motifs is 1. The molecule has 0 saturated carbocycles. The Hall–Kier alpha value is -2.06. The molecule has 0 amide bonds. The molecule has 1 aromatic carbocycles. The molecular weight excluding hydrogens is 355 g/mol. The van der Waals surface area contributed by atoms with Crippen molar-refractivity contribution in [3.63, 3.8) is 0 Å². The van der Waals surface area contributed by atoms with Crippen molar-refractivity contribution in [2.75, 3.05) is 24.5 Å². The first-order valence-electron chi connectivity index (χ1n) is 8.89. The zero-order chi connectivity index (χ0) is 18.1. The van der Waals surface area contributed by atoms with Crippen molar-refractivity contribution in [3.05, 3.63) is 47.5 Å². The summed E-state index contributed by atoms with van der Waals surface area (Å²) in [5.41, 5.74) is 1.76. The van der Waals surface area contributed by atoms with Gasteiger partial charge in [0.2, 0.25) is 16.0 Å². The van der Waals surface area contributed by atoms with Crippen LogP contribution in [0.5, 0.6) is 0 Å². The van der Waals surface area contributed by atoms with Crippen LogP contribution < -0.4 is 4.90 Å². The molecule has 0 aliphatic carbocycles. The number of anilines is 1. The standard InChI is InChI=1S/C18H21FN4O2S/c19-15-4-6-16(7-5-15)26(24,25)23-11-8-17-14(13-23)12-20-18(21-17)22-9-2-1-3-10-22/h4-7,12H,1-3,8-11,13H2. The van der Waals surface area contributed by atoms with Gasteiger partial charge >= 0.3 is 0 Å². The van der Waals surface area contributed by atoms with Gasteiger partial charge in [0.05, 0.1) is 10.6 Å². The lowest BCUT2D eigenvalue weighted by molar-refractivity contribution is 0.386. The molecule has 0 bridgehead atoms. The van der Waals surface area contributed by atoms with Crippen LogP contribution in [0.3, 0.4) is 0 Å². The maximum atomic E-state index is 13.1. The van der Waals surface area contributed by atoms with E-state index in [1.807, 2.05) is 0 Å². The fourth-order valence-corrected chi connectivity index (χ4v) is 4.91. The number of piperidine rings is 1. The molecule has 6 nitrogen and oxygen atoms in total. The predicted molar refractivity (Wildman–Crippen MR) is 95.8 cm³/mol. The number of rotatable bonds is 3. The number of hydrogen-bond donors (Lipinski definition) is 0. The molecule has 138 valence electrons. The Bertz CT molecular complexity index is 896. The molecule has 2 aliphatic rings. The van der Waals surface area contributed by atoms with Gasteiger partial charge in [-0.1, -0.05) is 0 Å². The lowest BCUT2D eigenvalue weighted by atomic mass is 10.1. The largest absolute Gasteiger partial charge is 0.341 e. The van der Waals surface area contributed by atoms with Crippen LogP contribution >= 0.6 is 0 Å². The Balaban J connectivity index is 1.55. The van der Waals surface area contributed by atoms with E-state index in [2.05, 4.69) is 14.9 Å². The zero-order valence-electron chi connectivity index (χ0n) is 14.4. The van der Waals surface area contributed by atoms with E-state index in [0.29, 0.717) is 13.0 Å². The fraction of sp³-hybridized carbons (Fsp3) is 0.444. The molecule has 4 rings (SSSR count). The highest BCUT2D eigenvalue weighted by atomic mass is 32.2. The first-order chi connectivity index (χ1) is 12.5. The molecule has 0 N–H and O–H groups in total. The van der Waals surface area contributed by atoms with Crippen molar-refractivity contribution in [1.82, 2.24) is 14.3 Å². The van der Waals surface area contributed by atoms with Crippen molar-refractivity contribution in [2.24, 2.45) is 0 Å². The summed E-state index contributed by atoms with van der Waals surface area (Å²) in [5.74, 6) is 0.296. The van der Waals surface area contributed by atoms with Crippen molar-refractivity contribution >= 4 is 16.0 Å². The van der Waals surface area contributed by atoms with E-state index in [1.165, 1.54) is 35.0 Å². The molecule has 1 fully saturated rings. The summed E-state index contributed by atoms with van der Waals surface area (Å²) in [5, 5.41) is 0. The molecule has 26 heavy (non-hydrogen) atoms. The van der Waals surface area contributed by atoms with E-state index < -0.39 is 15.8 Å². The number of sulfonamides is 1. The molecule has 1 aromatic heterocycles. The maximum absolute atomic E-state index is 13.1. The summed E-state index contributed by atoms with van der Waals surface area (Å²) < 4.78 is 40.0. The fourth-order valence-electron chi connectivity index (χ4n) is 3.49. The molecular formula is C18H21FN4O2S. The van der Waals surface area contributed by atoms with Crippen LogP contribution in [-0.2, 0) is 23.0 Å². The van der Waals surface area contributed by atoms with Gasteiger partial charge < -0.3 is 4.90 Å². The van der Waals surface area contributed by atoms with Crippen LogP contribution in [0.1, 0.15) is 30.5 Å². The second-order valence-corrected chi connectivity index (χ2v) is 8.67. The maximum Gasteiger partial charge on any atom is 0.243 e. The number of aromatic nitrogens is 2. The molecule has 3 heterocycles. The zero-order valence-corrected chi connectivity index (χ0v) is 15.3. The first kappa shape index (κ1) is 17.4. The van der Waals surface area contributed by atoms with Gasteiger partial charge in [0.25, 0.3) is 0 Å². The highest BCUT2D eigenvalue weighted by Crippen LogP contribution is 2.25. The Morgan fingerprint density at radius 1 is 1.00 bits per heavy atom. The molecule has 1 saturated heterocycles. The van der Waals surface area contributed by atoms with Crippen molar-refractivity contribution < 1.29 is 12.8 Å². The van der Waals surface area contributed by atoms with Gasteiger partial charge in [-0.25, -0.2) is 22.8 Å². The summed E-state index contributed by atoms with van der Waals surface area (Å²) in [6.07, 6.45) is 5.86. The summed E-state index contributed by atoms with van der Waals surface area (Å²) in [6.45, 7) is 2.56. The minimum Gasteiger partial charge on any atom is -0.341 e. The third kappa shape index (κ3) is 3.31. The second kappa shape index (κ2) is 6.92. The average molecular weight is 376 g/mol. The monoisotopic (exact) mass is 376 g/mol. The van der Waals surface area contributed by atoms with Gasteiger partial charge in [0, 0.05) is 44.4 Å². The minimum absolute atomic E-state index is 0.105. The highest BCUT2D eigenvalue weighted by molar-refractivity contribution is 7.89. The summed E-state index contributed by atoms with van der Waals surface area (Å²) >= 11 is 0. The van der Waals surface area contributed by atoms with Gasteiger partial charge in [-0.15, -0.1) is 0 Å². The Morgan fingerprint density at radius 3 is 2.46 bits per heavy atom. The number of hydrogen-bond acceptors (Lipinski definition) is 5. The topological polar surface area (TPSA) is 66.4 Å². The second-order valence-electron chi connectivity index (χ2n) is 6.73. The van der Waals surface area contributed by atoms with Crippen LogP contribution in [-0.4, -0.2) is 42.3 Å². The third-order valence-corrected chi connectivity index (χ3v) is 6.84. The van der Waals surface area contributed by atoms with Crippen LogP contribution in [0, 0.1) is 5.82 Å². The van der Waals surface area contributed by atoms with Crippen molar-refractivity contribution in [2.45, 2.75) is 37.1 Å². The molecule has 0 radical (unpaired) electrons. The molecule has 8 heteroatoms. The van der Waals surface area contributed by atoms with Gasteiger partial charge in [-0.05, 0) is 43.5 Å². The molecule has 0 spiro atoms. The predicted octanol–water partition coefficient (Wildman–Crippen LogP) is 2.35. The van der Waals surface area contributed by atoms with E-state index in [9.17, 15) is 12.8 Å². The van der Waals surface area contributed by atoms with Crippen LogP contribution in [0.25, 0.3) is 0 Å². The van der Waals surface area contributed by atoms with Gasteiger partial charge in [-0.2, -0.15) is 4.31 Å². The lowest BCUT2D eigenvalue weighted by Crippen LogP contribution is -2.37. The molecule has 2 aromatic rings. The molecule has 0 atom stereocenters. The van der Waals surface area contributed by atoms with Crippen LogP contribution in [0.4, 0.5) is 10.3 Å².